The number of likely N-dealkylation sites (tertiary alicyclic amines) is 1. The van der Waals surface area contributed by atoms with Crippen LogP contribution in [-0.4, -0.2) is 24.5 Å². The van der Waals surface area contributed by atoms with Crippen LogP contribution in [0.3, 0.4) is 0 Å². The molecular formula is C14H24N2O. The van der Waals surface area contributed by atoms with Crippen LogP contribution in [0.1, 0.15) is 43.7 Å². The Kier molecular flexibility index (Phi) is 4.24. The summed E-state index contributed by atoms with van der Waals surface area (Å²) in [6.45, 7) is 7.31. The van der Waals surface area contributed by atoms with Crippen LogP contribution in [-0.2, 0) is 0 Å². The average Bonchev–Trinajstić information content (AvgIpc) is 2.75. The van der Waals surface area contributed by atoms with E-state index in [9.17, 15) is 0 Å². The van der Waals surface area contributed by atoms with Crippen LogP contribution in [0, 0.1) is 12.8 Å². The first-order valence-electron chi connectivity index (χ1n) is 6.76. The van der Waals surface area contributed by atoms with Crippen molar-refractivity contribution in [3.8, 4) is 0 Å². The van der Waals surface area contributed by atoms with Gasteiger partial charge in [-0.1, -0.05) is 6.92 Å². The Hall–Kier alpha value is -0.800. The molecule has 0 amide bonds. The molecule has 1 saturated heterocycles. The molecule has 0 bridgehead atoms. The summed E-state index contributed by atoms with van der Waals surface area (Å²) in [6.07, 6.45) is 3.67. The van der Waals surface area contributed by atoms with E-state index in [2.05, 4.69) is 24.0 Å². The van der Waals surface area contributed by atoms with Crippen molar-refractivity contribution in [1.29, 1.82) is 0 Å². The zero-order chi connectivity index (χ0) is 12.3. The third kappa shape index (κ3) is 2.72. The maximum absolute atomic E-state index is 5.93. The summed E-state index contributed by atoms with van der Waals surface area (Å²) in [6, 6.07) is 4.57. The van der Waals surface area contributed by atoms with E-state index in [0.29, 0.717) is 12.0 Å². The van der Waals surface area contributed by atoms with Gasteiger partial charge in [-0.25, -0.2) is 0 Å². The minimum absolute atomic E-state index is 0.391. The zero-order valence-electron chi connectivity index (χ0n) is 11.0. The van der Waals surface area contributed by atoms with Crippen LogP contribution in [0.25, 0.3) is 0 Å². The van der Waals surface area contributed by atoms with Crippen molar-refractivity contribution in [2.24, 2.45) is 11.7 Å². The summed E-state index contributed by atoms with van der Waals surface area (Å²) < 4.78 is 5.83. The summed E-state index contributed by atoms with van der Waals surface area (Å²) in [7, 11) is 0. The van der Waals surface area contributed by atoms with Crippen LogP contribution >= 0.6 is 0 Å². The van der Waals surface area contributed by atoms with E-state index in [1.54, 1.807) is 0 Å². The van der Waals surface area contributed by atoms with E-state index < -0.39 is 0 Å². The molecule has 0 aliphatic carbocycles. The Bertz CT molecular complexity index is 346. The standard InChI is InChI=1S/C14H24N2O/c1-3-8-16-9-4-5-12(10-15)14(16)13-7-6-11(2)17-13/h6-7,12,14H,3-5,8-10,15H2,1-2H3. The molecule has 17 heavy (non-hydrogen) atoms. The number of nitrogens with two attached hydrogens (primary N) is 1. The Morgan fingerprint density at radius 3 is 2.88 bits per heavy atom. The quantitative estimate of drug-likeness (QED) is 0.874. The normalized spacial score (nSPS) is 26.3. The SMILES string of the molecule is CCCN1CCCC(CN)C1c1ccc(C)o1. The monoisotopic (exact) mass is 236 g/mol. The first-order chi connectivity index (χ1) is 8.26. The van der Waals surface area contributed by atoms with E-state index in [1.165, 1.54) is 25.8 Å². The van der Waals surface area contributed by atoms with E-state index >= 15 is 0 Å². The molecule has 0 saturated carbocycles. The lowest BCUT2D eigenvalue weighted by molar-refractivity contribution is 0.0791. The molecule has 0 radical (unpaired) electrons. The van der Waals surface area contributed by atoms with Gasteiger partial charge in [0.25, 0.3) is 0 Å². The fourth-order valence-electron chi connectivity index (χ4n) is 2.96. The molecule has 2 heterocycles. The number of furan rings is 1. The summed E-state index contributed by atoms with van der Waals surface area (Å²) >= 11 is 0. The Labute approximate surface area is 104 Å². The van der Waals surface area contributed by atoms with Crippen molar-refractivity contribution in [2.75, 3.05) is 19.6 Å². The minimum atomic E-state index is 0.391. The predicted octanol–water partition coefficient (Wildman–Crippen LogP) is 2.71. The summed E-state index contributed by atoms with van der Waals surface area (Å²) in [5.41, 5.74) is 5.93. The van der Waals surface area contributed by atoms with Crippen molar-refractivity contribution in [3.05, 3.63) is 23.7 Å². The first kappa shape index (κ1) is 12.7. The average molecular weight is 236 g/mol. The highest BCUT2D eigenvalue weighted by Gasteiger charge is 2.33. The Morgan fingerprint density at radius 1 is 1.47 bits per heavy atom. The van der Waals surface area contributed by atoms with Gasteiger partial charge in [-0.05, 0) is 63.9 Å². The molecule has 1 aromatic rings. The van der Waals surface area contributed by atoms with Gasteiger partial charge in [-0.2, -0.15) is 0 Å². The van der Waals surface area contributed by atoms with Gasteiger partial charge >= 0.3 is 0 Å². The highest BCUT2D eigenvalue weighted by Crippen LogP contribution is 2.36. The van der Waals surface area contributed by atoms with Crippen LogP contribution in [0.5, 0.6) is 0 Å². The van der Waals surface area contributed by atoms with E-state index in [1.807, 2.05) is 6.92 Å². The van der Waals surface area contributed by atoms with E-state index in [0.717, 1.165) is 24.6 Å². The fourth-order valence-corrected chi connectivity index (χ4v) is 2.96. The van der Waals surface area contributed by atoms with Gasteiger partial charge in [-0.3, -0.25) is 4.90 Å². The predicted molar refractivity (Wildman–Crippen MR) is 69.8 cm³/mol. The lowest BCUT2D eigenvalue weighted by atomic mass is 9.87. The number of hydrogen-bond acceptors (Lipinski definition) is 3. The molecule has 2 N–H and O–H groups in total. The second-order valence-corrected chi connectivity index (χ2v) is 5.07. The van der Waals surface area contributed by atoms with Gasteiger partial charge in [0.15, 0.2) is 0 Å². The summed E-state index contributed by atoms with van der Waals surface area (Å²) in [5.74, 6) is 2.64. The molecule has 0 aromatic carbocycles. The van der Waals surface area contributed by atoms with Crippen molar-refractivity contribution in [1.82, 2.24) is 4.90 Å². The third-order valence-electron chi connectivity index (χ3n) is 3.73. The molecule has 0 spiro atoms. The maximum Gasteiger partial charge on any atom is 0.121 e. The smallest absolute Gasteiger partial charge is 0.121 e. The van der Waals surface area contributed by atoms with Gasteiger partial charge in [0, 0.05) is 0 Å². The molecule has 2 unspecified atom stereocenters. The Morgan fingerprint density at radius 2 is 2.29 bits per heavy atom. The molecule has 2 rings (SSSR count). The number of hydrogen-bond donors (Lipinski definition) is 1. The summed E-state index contributed by atoms with van der Waals surface area (Å²) in [5, 5.41) is 0. The molecule has 1 aliphatic heterocycles. The van der Waals surface area contributed by atoms with Crippen molar-refractivity contribution in [3.63, 3.8) is 0 Å². The molecular weight excluding hydrogens is 212 g/mol. The van der Waals surface area contributed by atoms with Crippen molar-refractivity contribution >= 4 is 0 Å². The lowest BCUT2D eigenvalue weighted by Gasteiger charge is -2.39. The van der Waals surface area contributed by atoms with Crippen molar-refractivity contribution < 1.29 is 4.42 Å². The first-order valence-corrected chi connectivity index (χ1v) is 6.76. The van der Waals surface area contributed by atoms with Gasteiger partial charge in [-0.15, -0.1) is 0 Å². The van der Waals surface area contributed by atoms with Crippen molar-refractivity contribution in [2.45, 2.75) is 39.2 Å². The second kappa shape index (κ2) is 5.69. The maximum atomic E-state index is 5.93. The molecule has 3 heteroatoms. The zero-order valence-corrected chi connectivity index (χ0v) is 11.0. The number of piperidine rings is 1. The van der Waals surface area contributed by atoms with Gasteiger partial charge in [0.1, 0.15) is 11.5 Å². The Balaban J connectivity index is 2.21. The van der Waals surface area contributed by atoms with Gasteiger partial charge < -0.3 is 10.2 Å². The van der Waals surface area contributed by atoms with Crippen LogP contribution < -0.4 is 5.73 Å². The number of nitrogens with zero attached hydrogens (tertiary/aromatic N) is 1. The number of rotatable bonds is 4. The summed E-state index contributed by atoms with van der Waals surface area (Å²) in [4.78, 5) is 2.54. The van der Waals surface area contributed by atoms with E-state index in [4.69, 9.17) is 10.2 Å². The van der Waals surface area contributed by atoms with Gasteiger partial charge in [0.2, 0.25) is 0 Å². The lowest BCUT2D eigenvalue weighted by Crippen LogP contribution is -2.41. The van der Waals surface area contributed by atoms with Crippen LogP contribution in [0.2, 0.25) is 0 Å². The molecule has 1 aliphatic rings. The highest BCUT2D eigenvalue weighted by molar-refractivity contribution is 5.12. The largest absolute Gasteiger partial charge is 0.465 e. The van der Waals surface area contributed by atoms with Gasteiger partial charge in [0.05, 0.1) is 6.04 Å². The van der Waals surface area contributed by atoms with Crippen LogP contribution in [0.4, 0.5) is 0 Å². The van der Waals surface area contributed by atoms with E-state index in [-0.39, 0.29) is 0 Å². The van der Waals surface area contributed by atoms with Crippen LogP contribution in [0.15, 0.2) is 16.5 Å². The fraction of sp³-hybridized carbons (Fsp3) is 0.714. The molecule has 1 aromatic heterocycles. The topological polar surface area (TPSA) is 42.4 Å². The third-order valence-corrected chi connectivity index (χ3v) is 3.73. The molecule has 1 fully saturated rings. The molecule has 2 atom stereocenters. The second-order valence-electron chi connectivity index (χ2n) is 5.07. The molecule has 96 valence electrons. The molecule has 3 nitrogen and oxygen atoms in total. The highest BCUT2D eigenvalue weighted by atomic mass is 16.3. The number of aryl methyl sites for hydroxylation is 1. The minimum Gasteiger partial charge on any atom is -0.465 e.